The van der Waals surface area contributed by atoms with Crippen molar-refractivity contribution >= 4 is 71.9 Å². The van der Waals surface area contributed by atoms with E-state index in [1.54, 1.807) is 0 Å². The molecule has 2 aliphatic heterocycles. The molecule has 0 aliphatic carbocycles. The van der Waals surface area contributed by atoms with Gasteiger partial charge in [-0.15, -0.1) is 0 Å². The molecule has 0 aromatic heterocycles. The van der Waals surface area contributed by atoms with E-state index in [2.05, 4.69) is 74.0 Å². The quantitative estimate of drug-likeness (QED) is 0.0859. The van der Waals surface area contributed by atoms with Gasteiger partial charge in [0.05, 0.1) is 0 Å². The smallest absolute Gasteiger partial charge is 0.261 e. The lowest BCUT2D eigenvalue weighted by molar-refractivity contribution is 0.0508. The number of carbonyl (C=O) groups is 4. The number of rotatable bonds is 13. The Balaban J connectivity index is 0.000000183. The van der Waals surface area contributed by atoms with Crippen molar-refractivity contribution in [3.8, 4) is 11.1 Å². The van der Waals surface area contributed by atoms with Crippen molar-refractivity contribution in [2.75, 3.05) is 0 Å². The molecular weight excluding hydrogens is 772 g/mol. The second-order valence-electron chi connectivity index (χ2n) is 15.4. The van der Waals surface area contributed by atoms with Gasteiger partial charge in [-0.2, -0.15) is 0 Å². The normalized spacial score (nSPS) is 14.7. The molecule has 2 unspecified atom stereocenters. The zero-order chi connectivity index (χ0) is 40.2. The molecule has 0 N–H and O–H groups in total. The molecule has 0 saturated heterocycles. The summed E-state index contributed by atoms with van der Waals surface area (Å²) < 4.78 is 0.909. The molecule has 0 fully saturated rings. The number of unbranched alkanes of at least 4 members (excludes halogenated alkanes) is 4. The second kappa shape index (κ2) is 17.6. The Hall–Kier alpha value is -5.14. The maximum Gasteiger partial charge on any atom is 0.261 e. The number of nitrogens with zero attached hydrogens (tertiary/aromatic N) is 2. The van der Waals surface area contributed by atoms with Gasteiger partial charge in [0.25, 0.3) is 23.6 Å². The number of halogens is 1. The lowest BCUT2D eigenvalue weighted by atomic mass is 9.87. The van der Waals surface area contributed by atoms with Gasteiger partial charge in [0, 0.05) is 49.6 Å². The summed E-state index contributed by atoms with van der Waals surface area (Å²) in [6, 6.07) is 33.8. The number of amides is 4. The molecule has 6 aromatic carbocycles. The standard InChI is InChI=1S/C30H29NO2.C20H22BrNO2/c1-3-5-6-12-23(4-2)31-29(32)26-14-9-13-25-24(17-18-27(28(25)26)30(31)33)22-16-15-20-10-7-8-11-21(20)19-22;1-3-5-6-8-13(4-2)22-19(23)15-10-7-9-14-17(21)12-11-16(18(14)15)20(22)24/h7-11,13-19,23H,3-6,12H2,1-2H3;7,9-13H,3-6,8H2,1-2H3. The largest absolute Gasteiger partial charge is 0.271 e. The minimum atomic E-state index is -0.155. The van der Waals surface area contributed by atoms with Gasteiger partial charge in [-0.05, 0) is 94.8 Å². The van der Waals surface area contributed by atoms with E-state index < -0.39 is 0 Å². The first-order valence-electron chi connectivity index (χ1n) is 20.8. The van der Waals surface area contributed by atoms with Crippen LogP contribution in [0.25, 0.3) is 43.4 Å². The Bertz CT molecular complexity index is 2460. The second-order valence-corrected chi connectivity index (χ2v) is 16.2. The van der Waals surface area contributed by atoms with Gasteiger partial charge in [-0.3, -0.25) is 29.0 Å². The fraction of sp³-hybridized carbons (Fsp3) is 0.320. The Labute approximate surface area is 344 Å². The van der Waals surface area contributed by atoms with Crippen LogP contribution in [0.5, 0.6) is 0 Å². The Morgan fingerprint density at radius 1 is 0.474 bits per heavy atom. The highest BCUT2D eigenvalue weighted by molar-refractivity contribution is 9.10. The molecule has 2 heterocycles. The van der Waals surface area contributed by atoms with Crippen molar-refractivity contribution in [3.05, 3.63) is 130 Å². The van der Waals surface area contributed by atoms with Gasteiger partial charge in [0.15, 0.2) is 0 Å². The molecule has 7 heteroatoms. The molecule has 6 aromatic rings. The molecule has 2 aliphatic rings. The van der Waals surface area contributed by atoms with E-state index in [0.717, 1.165) is 101 Å². The third kappa shape index (κ3) is 7.54. The first-order valence-corrected chi connectivity index (χ1v) is 21.5. The van der Waals surface area contributed by atoms with Crippen molar-refractivity contribution in [2.45, 2.75) is 104 Å². The van der Waals surface area contributed by atoms with Gasteiger partial charge in [0.2, 0.25) is 0 Å². The fourth-order valence-electron chi connectivity index (χ4n) is 8.76. The van der Waals surface area contributed by atoms with Crippen LogP contribution in [-0.2, 0) is 0 Å². The van der Waals surface area contributed by atoms with Gasteiger partial charge >= 0.3 is 0 Å². The van der Waals surface area contributed by atoms with Gasteiger partial charge in [0.1, 0.15) is 0 Å². The summed E-state index contributed by atoms with van der Waals surface area (Å²) in [7, 11) is 0. The highest BCUT2D eigenvalue weighted by atomic mass is 79.9. The van der Waals surface area contributed by atoms with Crippen molar-refractivity contribution in [1.29, 1.82) is 0 Å². The van der Waals surface area contributed by atoms with E-state index in [1.807, 2.05) is 72.8 Å². The molecule has 2 atom stereocenters. The summed E-state index contributed by atoms with van der Waals surface area (Å²) in [6.45, 7) is 8.44. The summed E-state index contributed by atoms with van der Waals surface area (Å²) in [4.78, 5) is 56.3. The van der Waals surface area contributed by atoms with E-state index in [0.29, 0.717) is 22.3 Å². The van der Waals surface area contributed by atoms with Crippen molar-refractivity contribution in [2.24, 2.45) is 0 Å². The third-order valence-electron chi connectivity index (χ3n) is 11.8. The van der Waals surface area contributed by atoms with Crippen molar-refractivity contribution in [3.63, 3.8) is 0 Å². The highest BCUT2D eigenvalue weighted by Gasteiger charge is 2.38. The van der Waals surface area contributed by atoms with Crippen molar-refractivity contribution in [1.82, 2.24) is 9.80 Å². The molecule has 6 nitrogen and oxygen atoms in total. The molecule has 4 amide bonds. The topological polar surface area (TPSA) is 74.8 Å². The van der Waals surface area contributed by atoms with Gasteiger partial charge < -0.3 is 0 Å². The number of fused-ring (bicyclic) bond motifs is 1. The number of benzene rings is 6. The summed E-state index contributed by atoms with van der Waals surface area (Å²) >= 11 is 3.52. The van der Waals surface area contributed by atoms with Crippen LogP contribution in [0.2, 0.25) is 0 Å². The Kier molecular flexibility index (Phi) is 12.3. The van der Waals surface area contributed by atoms with Crippen LogP contribution in [-0.4, -0.2) is 45.5 Å². The summed E-state index contributed by atoms with van der Waals surface area (Å²) in [5.74, 6) is -0.617. The number of imide groups is 2. The average Bonchev–Trinajstić information content (AvgIpc) is 3.24. The lowest BCUT2D eigenvalue weighted by Gasteiger charge is -2.34. The van der Waals surface area contributed by atoms with E-state index in [-0.39, 0.29) is 35.7 Å². The first-order chi connectivity index (χ1) is 27.7. The predicted octanol–water partition coefficient (Wildman–Crippen LogP) is 13.2. The van der Waals surface area contributed by atoms with Crippen LogP contribution in [0.3, 0.4) is 0 Å². The highest BCUT2D eigenvalue weighted by Crippen LogP contribution is 2.39. The molecule has 8 rings (SSSR count). The van der Waals surface area contributed by atoms with E-state index >= 15 is 0 Å². The Morgan fingerprint density at radius 2 is 0.947 bits per heavy atom. The molecular formula is C50H51BrN2O4. The molecule has 0 saturated carbocycles. The van der Waals surface area contributed by atoms with Crippen LogP contribution in [0, 0.1) is 0 Å². The SMILES string of the molecule is CCCCCC(CC)N1C(=O)c2cccc3c(-c4ccc5ccccc5c4)ccc(c23)C1=O.CCCCCC(CC)N1C(=O)c2cccc3c(Br)ccc(c23)C1=O. The van der Waals surface area contributed by atoms with E-state index in [4.69, 9.17) is 0 Å². The molecule has 0 bridgehead atoms. The number of carbonyl (C=O) groups excluding carboxylic acids is 4. The van der Waals surface area contributed by atoms with Crippen LogP contribution < -0.4 is 0 Å². The molecule has 292 valence electrons. The first kappa shape index (κ1) is 40.1. The van der Waals surface area contributed by atoms with Crippen LogP contribution >= 0.6 is 15.9 Å². The van der Waals surface area contributed by atoms with E-state index in [1.165, 1.54) is 20.6 Å². The van der Waals surface area contributed by atoms with Gasteiger partial charge in [-0.25, -0.2) is 0 Å². The van der Waals surface area contributed by atoms with Crippen LogP contribution in [0.4, 0.5) is 0 Å². The molecule has 0 spiro atoms. The summed E-state index contributed by atoms with van der Waals surface area (Å²) in [5.41, 5.74) is 4.68. The predicted molar refractivity (Wildman–Crippen MR) is 236 cm³/mol. The zero-order valence-electron chi connectivity index (χ0n) is 33.4. The monoisotopic (exact) mass is 822 g/mol. The zero-order valence-corrected chi connectivity index (χ0v) is 35.0. The number of hydrogen-bond donors (Lipinski definition) is 0. The minimum absolute atomic E-state index is 0.0244. The Morgan fingerprint density at radius 3 is 1.49 bits per heavy atom. The molecule has 57 heavy (non-hydrogen) atoms. The third-order valence-corrected chi connectivity index (χ3v) is 12.5. The van der Waals surface area contributed by atoms with Gasteiger partial charge in [-0.1, -0.05) is 149 Å². The maximum absolute atomic E-state index is 13.6. The minimum Gasteiger partial charge on any atom is -0.271 e. The van der Waals surface area contributed by atoms with Crippen molar-refractivity contribution < 1.29 is 19.2 Å². The summed E-state index contributed by atoms with van der Waals surface area (Å²) in [5, 5.41) is 5.82. The van der Waals surface area contributed by atoms with E-state index in [9.17, 15) is 19.2 Å². The fourth-order valence-corrected chi connectivity index (χ4v) is 9.22. The van der Waals surface area contributed by atoms with Crippen LogP contribution in [0.1, 0.15) is 133 Å². The average molecular weight is 824 g/mol. The maximum atomic E-state index is 13.6. The summed E-state index contributed by atoms with van der Waals surface area (Å²) in [6.07, 6.45) is 9.90. The lowest BCUT2D eigenvalue weighted by Crippen LogP contribution is -2.46. The number of hydrogen-bond acceptors (Lipinski definition) is 4. The molecule has 0 radical (unpaired) electrons. The van der Waals surface area contributed by atoms with Crippen LogP contribution in [0.15, 0.2) is 108 Å².